The molecular weight excluding hydrogens is 711 g/mol. The van der Waals surface area contributed by atoms with Crippen LogP contribution < -0.4 is 0 Å². The Hall–Kier alpha value is -3.27. The van der Waals surface area contributed by atoms with Gasteiger partial charge in [-0.3, -0.25) is 4.79 Å². The molecule has 0 spiro atoms. The van der Waals surface area contributed by atoms with Crippen molar-refractivity contribution in [3.8, 4) is 11.3 Å². The average molecular weight is 754 g/mol. The third kappa shape index (κ3) is 7.11. The van der Waals surface area contributed by atoms with Crippen molar-refractivity contribution in [2.24, 2.45) is 11.8 Å². The third-order valence-corrected chi connectivity index (χ3v) is 8.25. The summed E-state index contributed by atoms with van der Waals surface area (Å²) in [5.41, 5.74) is 5.63. The molecule has 4 nitrogen and oxygen atoms in total. The van der Waals surface area contributed by atoms with Gasteiger partial charge in [0.1, 0.15) is 5.58 Å². The minimum atomic E-state index is -0.776. The van der Waals surface area contributed by atoms with Crippen molar-refractivity contribution in [2.45, 2.75) is 79.0 Å². The number of aromatic nitrogens is 1. The van der Waals surface area contributed by atoms with Crippen molar-refractivity contribution in [1.82, 2.24) is 4.98 Å². The minimum absolute atomic E-state index is 0. The first kappa shape index (κ1) is 31.2. The average Bonchev–Trinajstić information content (AvgIpc) is 3.64. The first-order valence-corrected chi connectivity index (χ1v) is 15.2. The molecule has 6 rings (SSSR count). The Bertz CT molecular complexity index is 1810. The van der Waals surface area contributed by atoms with Gasteiger partial charge in [-0.05, 0) is 58.8 Å². The van der Waals surface area contributed by atoms with Gasteiger partial charge >= 0.3 is 0 Å². The molecule has 0 aliphatic heterocycles. The van der Waals surface area contributed by atoms with Gasteiger partial charge in [-0.25, -0.2) is 0 Å². The van der Waals surface area contributed by atoms with Gasteiger partial charge in [-0.2, -0.15) is 0 Å². The van der Waals surface area contributed by atoms with Crippen LogP contribution >= 0.6 is 0 Å². The summed E-state index contributed by atoms with van der Waals surface area (Å²) in [6.07, 6.45) is 8.44. The maximum atomic E-state index is 11.0. The van der Waals surface area contributed by atoms with Crippen LogP contribution in [-0.4, -0.2) is 15.9 Å². The Labute approximate surface area is 270 Å². The van der Waals surface area contributed by atoms with Gasteiger partial charge in [0, 0.05) is 51.0 Å². The number of fused-ring (bicyclic) bond motifs is 4. The molecule has 1 fully saturated rings. The summed E-state index contributed by atoms with van der Waals surface area (Å²) in [5.74, 6) is 0.0623. The maximum absolute atomic E-state index is 11.0. The molecule has 1 aliphatic carbocycles. The molecule has 2 aromatic heterocycles. The van der Waals surface area contributed by atoms with Gasteiger partial charge in [0.15, 0.2) is 5.78 Å². The van der Waals surface area contributed by atoms with Crippen LogP contribution in [0.5, 0.6) is 0 Å². The van der Waals surface area contributed by atoms with Gasteiger partial charge in [-0.1, -0.05) is 102 Å². The molecule has 1 aliphatic rings. The smallest absolute Gasteiger partial charge is 0.161 e. The van der Waals surface area contributed by atoms with Crippen molar-refractivity contribution in [2.75, 3.05) is 0 Å². The van der Waals surface area contributed by atoms with Crippen LogP contribution in [0, 0.1) is 17.9 Å². The van der Waals surface area contributed by atoms with Crippen molar-refractivity contribution >= 4 is 38.5 Å². The monoisotopic (exact) mass is 754 g/mol. The number of hydrogen-bond acceptors (Lipinski definition) is 4. The van der Waals surface area contributed by atoms with Crippen molar-refractivity contribution in [3.05, 3.63) is 89.8 Å². The number of nitrogens with zero attached hydrogens (tertiary/aromatic N) is 1. The number of hydrogen-bond donors (Lipinski definition) is 1. The number of carbonyl (C=O) groups excluding carboxylic acids is 1. The molecule has 1 radical (unpaired) electrons. The van der Waals surface area contributed by atoms with Gasteiger partial charge in [0.05, 0.1) is 11.3 Å². The van der Waals surface area contributed by atoms with E-state index < -0.39 is 5.89 Å². The Morgan fingerprint density at radius 2 is 1.70 bits per heavy atom. The Morgan fingerprint density at radius 3 is 2.37 bits per heavy atom. The molecule has 2 heterocycles. The summed E-state index contributed by atoms with van der Waals surface area (Å²) in [7, 11) is 0. The molecule has 0 atom stereocenters. The van der Waals surface area contributed by atoms with Crippen LogP contribution in [0.25, 0.3) is 44.0 Å². The number of furan rings is 1. The number of rotatable bonds is 6. The predicted octanol–water partition coefficient (Wildman–Crippen LogP) is 10.7. The molecule has 0 bridgehead atoms. The van der Waals surface area contributed by atoms with Crippen LogP contribution in [0.1, 0.15) is 91.5 Å². The van der Waals surface area contributed by atoms with E-state index in [-0.39, 0.29) is 43.5 Å². The zero-order chi connectivity index (χ0) is 30.9. The van der Waals surface area contributed by atoms with E-state index in [4.69, 9.17) is 10.8 Å². The van der Waals surface area contributed by atoms with Gasteiger partial charge in [-0.15, -0.1) is 17.7 Å². The Balaban J connectivity index is 0.000000318. The van der Waals surface area contributed by atoms with Crippen molar-refractivity contribution in [3.63, 3.8) is 0 Å². The fourth-order valence-electron chi connectivity index (χ4n) is 5.59. The predicted molar refractivity (Wildman–Crippen MR) is 174 cm³/mol. The van der Waals surface area contributed by atoms with E-state index >= 15 is 0 Å². The second-order valence-corrected chi connectivity index (χ2v) is 12.3. The first-order valence-electron chi connectivity index (χ1n) is 15.7. The summed E-state index contributed by atoms with van der Waals surface area (Å²) >= 11 is 0. The second kappa shape index (κ2) is 14.0. The van der Waals surface area contributed by atoms with E-state index in [1.807, 2.05) is 65.9 Å². The van der Waals surface area contributed by atoms with E-state index in [2.05, 4.69) is 42.5 Å². The van der Waals surface area contributed by atoms with Gasteiger partial charge in [0.2, 0.25) is 0 Å². The minimum Gasteiger partial charge on any atom is -0.512 e. The normalized spacial score (nSPS) is 14.7. The quantitative estimate of drug-likeness (QED) is 0.107. The first-order chi connectivity index (χ1) is 20.4. The number of ketones is 1. The SMILES string of the molecule is CC(C)C(=O)/C=C(\O)C(C)C.[2H]C(C)(C)c1[c-]c(-c2nccc3cc(C4CCCC4)ccc23)c2oc3ccccc3c2c1.[Ir]. The topological polar surface area (TPSA) is 63.3 Å². The largest absolute Gasteiger partial charge is 0.512 e. The standard InChI is InChI=1S/C29H26NO.C9H16O2.Ir/c1-18(2)22-16-25-24-9-5-6-10-27(24)31-29(25)26(17-22)28-23-12-11-20(19-7-3-4-8-19)15-21(23)13-14-30-28;1-6(2)8(10)5-9(11)7(3)4;/h5-6,9-16,18-19H,3-4,7-8H2,1-2H3;5-7,10H,1-4H3;/q-1;;/b;8-5-;/i18D;;. The number of carbonyl (C=O) groups is 1. The number of aliphatic hydroxyl groups excluding tert-OH is 1. The summed E-state index contributed by atoms with van der Waals surface area (Å²) < 4.78 is 15.0. The van der Waals surface area contributed by atoms with Crippen LogP contribution in [0.2, 0.25) is 0 Å². The molecular formula is C38H42IrNO3-. The molecule has 227 valence electrons. The Morgan fingerprint density at radius 1 is 0.977 bits per heavy atom. The number of benzene rings is 3. The summed E-state index contributed by atoms with van der Waals surface area (Å²) in [5, 5.41) is 13.6. The van der Waals surface area contributed by atoms with Crippen LogP contribution in [0.4, 0.5) is 0 Å². The van der Waals surface area contributed by atoms with E-state index in [1.165, 1.54) is 42.7 Å². The van der Waals surface area contributed by atoms with E-state index in [0.717, 1.165) is 44.1 Å². The van der Waals surface area contributed by atoms with E-state index in [1.54, 1.807) is 0 Å². The molecule has 1 N–H and O–H groups in total. The van der Waals surface area contributed by atoms with Crippen molar-refractivity contribution < 1.29 is 35.8 Å². The molecule has 43 heavy (non-hydrogen) atoms. The van der Waals surface area contributed by atoms with Gasteiger partial charge < -0.3 is 14.5 Å². The van der Waals surface area contributed by atoms with Crippen LogP contribution in [0.3, 0.4) is 0 Å². The number of pyridine rings is 1. The fourth-order valence-corrected chi connectivity index (χ4v) is 5.59. The molecule has 0 unspecified atom stereocenters. The molecule has 5 aromatic rings. The van der Waals surface area contributed by atoms with Gasteiger partial charge in [0.25, 0.3) is 0 Å². The number of para-hydroxylation sites is 1. The number of allylic oxidation sites excluding steroid dienone is 2. The fraction of sp³-hybridized carbons (Fsp3) is 0.368. The summed E-state index contributed by atoms with van der Waals surface area (Å²) in [4.78, 5) is 15.8. The number of aliphatic hydroxyl groups is 1. The van der Waals surface area contributed by atoms with Crippen molar-refractivity contribution in [1.29, 1.82) is 0 Å². The van der Waals surface area contributed by atoms with Crippen LogP contribution in [-0.2, 0) is 24.9 Å². The van der Waals surface area contributed by atoms with E-state index in [0.29, 0.717) is 5.92 Å². The molecule has 0 amide bonds. The van der Waals surface area contributed by atoms with Crippen LogP contribution in [0.15, 0.2) is 77.0 Å². The molecule has 3 aromatic carbocycles. The summed E-state index contributed by atoms with van der Waals surface area (Å²) in [6, 6.07) is 22.6. The zero-order valence-corrected chi connectivity index (χ0v) is 28.4. The van der Waals surface area contributed by atoms with E-state index in [9.17, 15) is 9.90 Å². The molecule has 5 heteroatoms. The maximum Gasteiger partial charge on any atom is 0.161 e. The second-order valence-electron chi connectivity index (χ2n) is 12.3. The molecule has 0 saturated heterocycles. The molecule has 1 saturated carbocycles. The zero-order valence-electron chi connectivity index (χ0n) is 27.0. The third-order valence-electron chi connectivity index (χ3n) is 8.25. The summed E-state index contributed by atoms with van der Waals surface area (Å²) in [6.45, 7) is 11.1. The Kier molecular flexibility index (Phi) is 10.2.